The Kier molecular flexibility index (Phi) is 20.3. The van der Waals surface area contributed by atoms with E-state index >= 15 is 0 Å². The lowest BCUT2D eigenvalue weighted by Gasteiger charge is -1.76. The van der Waals surface area contributed by atoms with Crippen LogP contribution in [0.1, 0.15) is 20.8 Å². The van der Waals surface area contributed by atoms with Crippen LogP contribution in [0, 0.1) is 0 Å². The minimum Gasteiger partial charge on any atom is -0.385 e. The third-order valence-electron chi connectivity index (χ3n) is 0.493. The van der Waals surface area contributed by atoms with E-state index in [1.807, 2.05) is 20.8 Å². The Hall–Kier alpha value is -0.0800. The molecule has 0 aliphatic carbocycles. The Morgan fingerprint density at radius 1 is 1.33 bits per heavy atom. The molecule has 0 N–H and O–H groups in total. The summed E-state index contributed by atoms with van der Waals surface area (Å²) in [5.41, 5.74) is 0. The molecule has 1 aliphatic heterocycles. The van der Waals surface area contributed by atoms with Gasteiger partial charge in [-0.3, -0.25) is 0 Å². The highest BCUT2D eigenvalue weighted by Crippen LogP contribution is 1.84. The Morgan fingerprint density at radius 2 is 1.56 bits per heavy atom. The molecule has 0 aromatic carbocycles. The molecule has 0 aromatic heterocycles. The fraction of sp³-hybridized carbons (Fsp3) is 1.00. The molecule has 0 radical (unpaired) electrons. The van der Waals surface area contributed by atoms with Crippen molar-refractivity contribution in [1.82, 2.24) is 0 Å². The van der Waals surface area contributed by atoms with Gasteiger partial charge >= 0.3 is 0 Å². The molecule has 0 unspecified atom stereocenters. The molecule has 0 atom stereocenters. The average molecular weight is 134 g/mol. The Bertz CT molecular complexity index is 23.3. The van der Waals surface area contributed by atoms with Crippen LogP contribution in [-0.2, 0) is 9.47 Å². The van der Waals surface area contributed by atoms with Crippen molar-refractivity contribution in [2.75, 3.05) is 26.9 Å². The maximum atomic E-state index is 4.54. The first-order chi connectivity index (χ1) is 4.41. The van der Waals surface area contributed by atoms with E-state index in [2.05, 4.69) is 9.47 Å². The molecule has 1 rings (SSSR count). The topological polar surface area (TPSA) is 21.8 Å². The zero-order valence-corrected chi connectivity index (χ0v) is 6.94. The van der Waals surface area contributed by atoms with E-state index in [4.69, 9.17) is 0 Å². The van der Waals surface area contributed by atoms with E-state index in [1.165, 1.54) is 0 Å². The van der Waals surface area contributed by atoms with Gasteiger partial charge in [0.05, 0.1) is 13.2 Å². The molecule has 1 heterocycles. The molecular formula is C7H18O2. The molecule has 58 valence electrons. The van der Waals surface area contributed by atoms with Gasteiger partial charge in [-0.05, 0) is 6.92 Å². The second-order valence-electron chi connectivity index (χ2n) is 1.19. The second-order valence-corrected chi connectivity index (χ2v) is 1.19. The lowest BCUT2D eigenvalue weighted by Crippen LogP contribution is -1.73. The number of methoxy groups -OCH3 is 1. The molecule has 0 aromatic rings. The summed E-state index contributed by atoms with van der Waals surface area (Å²) in [6, 6.07) is 0. The van der Waals surface area contributed by atoms with Crippen LogP contribution in [0.2, 0.25) is 0 Å². The summed E-state index contributed by atoms with van der Waals surface area (Å²) < 4.78 is 9.04. The molecule has 9 heavy (non-hydrogen) atoms. The van der Waals surface area contributed by atoms with E-state index in [0.29, 0.717) is 0 Å². The SMILES string of the molecule is C1CO1.CC.CCOC. The van der Waals surface area contributed by atoms with Gasteiger partial charge in [0.15, 0.2) is 0 Å². The van der Waals surface area contributed by atoms with Gasteiger partial charge in [0.25, 0.3) is 0 Å². The van der Waals surface area contributed by atoms with Gasteiger partial charge in [-0.2, -0.15) is 0 Å². The molecule has 0 amide bonds. The fourth-order valence-corrected chi connectivity index (χ4v) is 0. The van der Waals surface area contributed by atoms with Crippen LogP contribution in [-0.4, -0.2) is 26.9 Å². The largest absolute Gasteiger partial charge is 0.385 e. The zero-order valence-electron chi connectivity index (χ0n) is 6.94. The minimum atomic E-state index is 0.819. The monoisotopic (exact) mass is 134 g/mol. The van der Waals surface area contributed by atoms with E-state index < -0.39 is 0 Å². The average Bonchev–Trinajstić information content (AvgIpc) is 2.77. The highest BCUT2D eigenvalue weighted by molar-refractivity contribution is 4.36. The lowest BCUT2D eigenvalue weighted by molar-refractivity contribution is 0.215. The van der Waals surface area contributed by atoms with Crippen LogP contribution in [0.4, 0.5) is 0 Å². The normalized spacial score (nSPS) is 12.0. The predicted octanol–water partition coefficient (Wildman–Crippen LogP) is 1.70. The van der Waals surface area contributed by atoms with Gasteiger partial charge in [-0.15, -0.1) is 0 Å². The second kappa shape index (κ2) is 15.7. The fourth-order valence-electron chi connectivity index (χ4n) is 0. The quantitative estimate of drug-likeness (QED) is 0.509. The maximum absolute atomic E-state index is 4.54. The van der Waals surface area contributed by atoms with Crippen molar-refractivity contribution in [2.24, 2.45) is 0 Å². The Balaban J connectivity index is 0. The summed E-state index contributed by atoms with van der Waals surface area (Å²) >= 11 is 0. The Morgan fingerprint density at radius 3 is 1.56 bits per heavy atom. The minimum absolute atomic E-state index is 0.819. The van der Waals surface area contributed by atoms with Crippen molar-refractivity contribution < 1.29 is 9.47 Å². The van der Waals surface area contributed by atoms with E-state index in [1.54, 1.807) is 7.11 Å². The van der Waals surface area contributed by atoms with Crippen LogP contribution in [0.15, 0.2) is 0 Å². The highest BCUT2D eigenvalue weighted by atomic mass is 16.6. The number of epoxide rings is 1. The molecule has 1 saturated heterocycles. The molecule has 1 fully saturated rings. The maximum Gasteiger partial charge on any atom is 0.0701 e. The zero-order chi connectivity index (χ0) is 7.54. The van der Waals surface area contributed by atoms with Gasteiger partial charge in [0.1, 0.15) is 0 Å². The molecule has 0 bridgehead atoms. The summed E-state index contributed by atoms with van der Waals surface area (Å²) in [4.78, 5) is 0. The van der Waals surface area contributed by atoms with Gasteiger partial charge in [-0.25, -0.2) is 0 Å². The van der Waals surface area contributed by atoms with Crippen molar-refractivity contribution >= 4 is 0 Å². The van der Waals surface area contributed by atoms with Crippen molar-refractivity contribution in [2.45, 2.75) is 20.8 Å². The highest BCUT2D eigenvalue weighted by Gasteiger charge is 1.94. The molecule has 0 spiro atoms. The van der Waals surface area contributed by atoms with Gasteiger partial charge in [0, 0.05) is 13.7 Å². The third-order valence-corrected chi connectivity index (χ3v) is 0.493. The summed E-state index contributed by atoms with van der Waals surface area (Å²) in [5.74, 6) is 0. The first-order valence-electron chi connectivity index (χ1n) is 3.48. The first kappa shape index (κ1) is 11.7. The molecule has 2 heteroatoms. The van der Waals surface area contributed by atoms with Gasteiger partial charge in [0.2, 0.25) is 0 Å². The van der Waals surface area contributed by atoms with E-state index in [0.717, 1.165) is 19.8 Å². The van der Waals surface area contributed by atoms with E-state index in [9.17, 15) is 0 Å². The van der Waals surface area contributed by atoms with Crippen LogP contribution >= 0.6 is 0 Å². The van der Waals surface area contributed by atoms with Crippen LogP contribution in [0.25, 0.3) is 0 Å². The van der Waals surface area contributed by atoms with Crippen LogP contribution in [0.5, 0.6) is 0 Å². The van der Waals surface area contributed by atoms with Crippen molar-refractivity contribution in [3.05, 3.63) is 0 Å². The summed E-state index contributed by atoms with van der Waals surface area (Å²) in [5, 5.41) is 0. The predicted molar refractivity (Wildman–Crippen MR) is 39.7 cm³/mol. The van der Waals surface area contributed by atoms with Crippen molar-refractivity contribution in [1.29, 1.82) is 0 Å². The summed E-state index contributed by atoms with van der Waals surface area (Å²) in [6.45, 7) is 8.78. The number of rotatable bonds is 1. The number of ether oxygens (including phenoxy) is 2. The smallest absolute Gasteiger partial charge is 0.0701 e. The first-order valence-corrected chi connectivity index (χ1v) is 3.48. The molecule has 2 nitrogen and oxygen atoms in total. The molecule has 0 saturated carbocycles. The van der Waals surface area contributed by atoms with Gasteiger partial charge < -0.3 is 9.47 Å². The Labute approximate surface area is 58.2 Å². The summed E-state index contributed by atoms with van der Waals surface area (Å²) in [7, 11) is 1.68. The van der Waals surface area contributed by atoms with Crippen molar-refractivity contribution in [3.63, 3.8) is 0 Å². The molecule has 1 aliphatic rings. The van der Waals surface area contributed by atoms with E-state index in [-0.39, 0.29) is 0 Å². The summed E-state index contributed by atoms with van der Waals surface area (Å²) in [6.07, 6.45) is 0. The van der Waals surface area contributed by atoms with Gasteiger partial charge in [-0.1, -0.05) is 13.8 Å². The number of hydrogen-bond acceptors (Lipinski definition) is 2. The standard InChI is InChI=1S/C3H8O.C2H4O.C2H6/c1-3-4-2;1-2-3-1;1-2/h3H2,1-2H3;1-2H2;1-2H3. The van der Waals surface area contributed by atoms with Crippen LogP contribution in [0.3, 0.4) is 0 Å². The third kappa shape index (κ3) is 75.3. The van der Waals surface area contributed by atoms with Crippen LogP contribution < -0.4 is 0 Å². The lowest BCUT2D eigenvalue weighted by atomic mass is 10.9. The molecular weight excluding hydrogens is 116 g/mol. The van der Waals surface area contributed by atoms with Crippen molar-refractivity contribution in [3.8, 4) is 0 Å². The number of hydrogen-bond donors (Lipinski definition) is 0.